The summed E-state index contributed by atoms with van der Waals surface area (Å²) in [6.45, 7) is 4.08. The molecule has 2 unspecified atom stereocenters. The summed E-state index contributed by atoms with van der Waals surface area (Å²) >= 11 is 0. The van der Waals surface area contributed by atoms with Crippen molar-refractivity contribution in [2.75, 3.05) is 0 Å². The lowest BCUT2D eigenvalue weighted by Crippen LogP contribution is -2.32. The molecule has 1 aromatic rings. The van der Waals surface area contributed by atoms with Gasteiger partial charge < -0.3 is 11.5 Å². The van der Waals surface area contributed by atoms with E-state index in [4.69, 9.17) is 11.5 Å². The van der Waals surface area contributed by atoms with E-state index >= 15 is 0 Å². The molecule has 4 N–H and O–H groups in total. The fourth-order valence-electron chi connectivity index (χ4n) is 2.53. The van der Waals surface area contributed by atoms with Gasteiger partial charge >= 0.3 is 0 Å². The van der Waals surface area contributed by atoms with Gasteiger partial charge in [-0.3, -0.25) is 9.59 Å². The van der Waals surface area contributed by atoms with Gasteiger partial charge in [0.1, 0.15) is 0 Å². The van der Waals surface area contributed by atoms with Gasteiger partial charge in [0, 0.05) is 16.5 Å². The molecule has 0 aliphatic heterocycles. The summed E-state index contributed by atoms with van der Waals surface area (Å²) in [6.07, 6.45) is 7.97. The molecular formula is C16H18N2O2. The summed E-state index contributed by atoms with van der Waals surface area (Å²) in [5.74, 6) is -0.852. The van der Waals surface area contributed by atoms with Crippen molar-refractivity contribution in [3.63, 3.8) is 0 Å². The highest BCUT2D eigenvalue weighted by Gasteiger charge is 2.33. The van der Waals surface area contributed by atoms with Crippen LogP contribution in [0.15, 0.2) is 42.5 Å². The second kappa shape index (κ2) is 4.96. The highest BCUT2D eigenvalue weighted by molar-refractivity contribution is 5.98. The molecule has 2 atom stereocenters. The van der Waals surface area contributed by atoms with Crippen molar-refractivity contribution in [3.8, 4) is 0 Å². The standard InChI is InChI=1S/C16H18N2O2/c1-10-5-3-4-8-16(10,2)13-9-11(14(17)19)6-7-12(13)15(18)20/h3-10H,1-2H3,(H2,17,19)(H2,18,20). The Labute approximate surface area is 118 Å². The van der Waals surface area contributed by atoms with E-state index in [0.29, 0.717) is 11.1 Å². The van der Waals surface area contributed by atoms with E-state index in [1.807, 2.05) is 25.2 Å². The lowest BCUT2D eigenvalue weighted by Gasteiger charge is -2.35. The number of primary amides is 2. The van der Waals surface area contributed by atoms with Crippen LogP contribution in [-0.4, -0.2) is 11.8 Å². The fourth-order valence-corrected chi connectivity index (χ4v) is 2.53. The minimum absolute atomic E-state index is 0.175. The molecule has 104 valence electrons. The molecule has 0 heterocycles. The smallest absolute Gasteiger partial charge is 0.249 e. The van der Waals surface area contributed by atoms with Gasteiger partial charge in [-0.05, 0) is 29.7 Å². The zero-order valence-corrected chi connectivity index (χ0v) is 11.6. The van der Waals surface area contributed by atoms with Crippen LogP contribution in [0.2, 0.25) is 0 Å². The summed E-state index contributed by atoms with van der Waals surface area (Å²) in [7, 11) is 0. The van der Waals surface area contributed by atoms with Crippen LogP contribution in [0, 0.1) is 5.92 Å². The number of carbonyl (C=O) groups is 2. The van der Waals surface area contributed by atoms with E-state index in [-0.39, 0.29) is 5.92 Å². The molecule has 4 heteroatoms. The summed E-state index contributed by atoms with van der Waals surface area (Å²) in [6, 6.07) is 4.77. The van der Waals surface area contributed by atoms with Crippen LogP contribution >= 0.6 is 0 Å². The van der Waals surface area contributed by atoms with Crippen molar-refractivity contribution in [1.29, 1.82) is 0 Å². The van der Waals surface area contributed by atoms with Crippen molar-refractivity contribution >= 4 is 11.8 Å². The van der Waals surface area contributed by atoms with E-state index in [1.165, 1.54) is 6.07 Å². The molecule has 2 amide bonds. The average Bonchev–Trinajstić information content (AvgIpc) is 2.41. The molecular weight excluding hydrogens is 252 g/mol. The average molecular weight is 270 g/mol. The Morgan fingerprint density at radius 1 is 1.15 bits per heavy atom. The van der Waals surface area contributed by atoms with Crippen molar-refractivity contribution in [1.82, 2.24) is 0 Å². The van der Waals surface area contributed by atoms with Gasteiger partial charge in [-0.1, -0.05) is 38.2 Å². The van der Waals surface area contributed by atoms with Gasteiger partial charge in [0.25, 0.3) is 0 Å². The lowest BCUT2D eigenvalue weighted by atomic mass is 9.68. The van der Waals surface area contributed by atoms with E-state index in [9.17, 15) is 9.59 Å². The first-order valence-electron chi connectivity index (χ1n) is 6.46. The Morgan fingerprint density at radius 3 is 2.40 bits per heavy atom. The Morgan fingerprint density at radius 2 is 1.85 bits per heavy atom. The monoisotopic (exact) mass is 270 g/mol. The molecule has 0 saturated carbocycles. The molecule has 0 spiro atoms. The van der Waals surface area contributed by atoms with E-state index in [0.717, 1.165) is 5.56 Å². The summed E-state index contributed by atoms with van der Waals surface area (Å²) in [5, 5.41) is 0. The number of benzene rings is 1. The Kier molecular flexibility index (Phi) is 3.49. The fraction of sp³-hybridized carbons (Fsp3) is 0.250. The minimum atomic E-state index is -0.520. The largest absolute Gasteiger partial charge is 0.366 e. The van der Waals surface area contributed by atoms with Gasteiger partial charge in [-0.2, -0.15) is 0 Å². The third-order valence-corrected chi connectivity index (χ3v) is 4.05. The van der Waals surface area contributed by atoms with Crippen LogP contribution in [-0.2, 0) is 5.41 Å². The van der Waals surface area contributed by atoms with Gasteiger partial charge in [-0.15, -0.1) is 0 Å². The van der Waals surface area contributed by atoms with Crippen molar-refractivity contribution in [2.24, 2.45) is 17.4 Å². The first-order valence-corrected chi connectivity index (χ1v) is 6.46. The zero-order chi connectivity index (χ0) is 14.9. The van der Waals surface area contributed by atoms with Gasteiger partial charge in [-0.25, -0.2) is 0 Å². The number of carbonyl (C=O) groups excluding carboxylic acids is 2. The SMILES string of the molecule is CC1C=CC=CC1(C)c1cc(C(N)=O)ccc1C(N)=O. The summed E-state index contributed by atoms with van der Waals surface area (Å²) in [5.41, 5.74) is 11.9. The highest BCUT2D eigenvalue weighted by Crippen LogP contribution is 2.38. The third-order valence-electron chi connectivity index (χ3n) is 4.05. The van der Waals surface area contributed by atoms with E-state index < -0.39 is 17.2 Å². The van der Waals surface area contributed by atoms with Crippen LogP contribution in [0.25, 0.3) is 0 Å². The first kappa shape index (κ1) is 14.1. The lowest BCUT2D eigenvalue weighted by molar-refractivity contribution is 0.0986. The van der Waals surface area contributed by atoms with Crippen molar-refractivity contribution in [3.05, 3.63) is 59.2 Å². The van der Waals surface area contributed by atoms with Gasteiger partial charge in [0.05, 0.1) is 0 Å². The molecule has 0 radical (unpaired) electrons. The van der Waals surface area contributed by atoms with Crippen LogP contribution in [0.5, 0.6) is 0 Å². The minimum Gasteiger partial charge on any atom is -0.366 e. The van der Waals surface area contributed by atoms with Crippen LogP contribution in [0.3, 0.4) is 0 Å². The summed E-state index contributed by atoms with van der Waals surface area (Å²) in [4.78, 5) is 23.0. The number of hydrogen-bond acceptors (Lipinski definition) is 2. The highest BCUT2D eigenvalue weighted by atomic mass is 16.1. The molecule has 2 rings (SSSR count). The maximum absolute atomic E-state index is 11.7. The maximum atomic E-state index is 11.7. The molecule has 1 aliphatic rings. The number of amides is 2. The number of rotatable bonds is 3. The molecule has 0 bridgehead atoms. The van der Waals surface area contributed by atoms with Crippen LogP contribution < -0.4 is 11.5 Å². The Bertz CT molecular complexity index is 631. The molecule has 0 fully saturated rings. The number of hydrogen-bond donors (Lipinski definition) is 2. The second-order valence-electron chi connectivity index (χ2n) is 5.30. The summed E-state index contributed by atoms with van der Waals surface area (Å²) < 4.78 is 0. The van der Waals surface area contributed by atoms with Crippen molar-refractivity contribution in [2.45, 2.75) is 19.3 Å². The Hall–Kier alpha value is -2.36. The quantitative estimate of drug-likeness (QED) is 0.879. The second-order valence-corrected chi connectivity index (χ2v) is 5.30. The predicted molar refractivity (Wildman–Crippen MR) is 78.3 cm³/mol. The van der Waals surface area contributed by atoms with Crippen molar-refractivity contribution < 1.29 is 9.59 Å². The first-order chi connectivity index (χ1) is 9.36. The number of allylic oxidation sites excluding steroid dienone is 4. The predicted octanol–water partition coefficient (Wildman–Crippen LogP) is 1.90. The molecule has 0 aromatic heterocycles. The Balaban J connectivity index is 2.67. The third kappa shape index (κ3) is 2.25. The van der Waals surface area contributed by atoms with Gasteiger partial charge in [0.2, 0.25) is 11.8 Å². The molecule has 20 heavy (non-hydrogen) atoms. The number of nitrogens with two attached hydrogens (primary N) is 2. The molecule has 0 saturated heterocycles. The molecule has 1 aromatic carbocycles. The van der Waals surface area contributed by atoms with E-state index in [2.05, 4.69) is 13.0 Å². The van der Waals surface area contributed by atoms with Gasteiger partial charge in [0.15, 0.2) is 0 Å². The van der Waals surface area contributed by atoms with Crippen LogP contribution in [0.4, 0.5) is 0 Å². The maximum Gasteiger partial charge on any atom is 0.249 e. The molecule has 4 nitrogen and oxygen atoms in total. The van der Waals surface area contributed by atoms with Crippen LogP contribution in [0.1, 0.15) is 40.1 Å². The zero-order valence-electron chi connectivity index (χ0n) is 11.6. The topological polar surface area (TPSA) is 86.2 Å². The van der Waals surface area contributed by atoms with E-state index in [1.54, 1.807) is 12.1 Å². The normalized spacial score (nSPS) is 24.6. The molecule has 1 aliphatic carbocycles.